The molecule has 0 aliphatic rings. The normalized spacial score (nSPS) is 12.4. The molecule has 2 aromatic heterocycles. The lowest BCUT2D eigenvalue weighted by Gasteiger charge is -2.13. The zero-order valence-electron chi connectivity index (χ0n) is 8.92. The molecule has 0 amide bonds. The van der Waals surface area contributed by atoms with Gasteiger partial charge in [-0.25, -0.2) is 9.97 Å². The van der Waals surface area contributed by atoms with Gasteiger partial charge in [-0.2, -0.15) is 0 Å². The van der Waals surface area contributed by atoms with Crippen molar-refractivity contribution in [2.24, 2.45) is 7.05 Å². The third-order valence-electron chi connectivity index (χ3n) is 2.12. The maximum Gasteiger partial charge on any atom is 0.224 e. The fraction of sp³-hybridized carbons (Fsp3) is 0.333. The third kappa shape index (κ3) is 2.27. The van der Waals surface area contributed by atoms with Gasteiger partial charge in [-0.15, -0.1) is 10.2 Å². The first-order valence-electron chi connectivity index (χ1n) is 4.76. The molecular formula is C9H11ClN6. The molecule has 1 atom stereocenters. The van der Waals surface area contributed by atoms with E-state index in [1.165, 1.54) is 0 Å². The van der Waals surface area contributed by atoms with E-state index in [9.17, 15) is 0 Å². The molecule has 0 saturated heterocycles. The fourth-order valence-electron chi connectivity index (χ4n) is 1.39. The highest BCUT2D eigenvalue weighted by Crippen LogP contribution is 2.15. The van der Waals surface area contributed by atoms with Gasteiger partial charge in [0.05, 0.1) is 6.04 Å². The minimum Gasteiger partial charge on any atom is -0.360 e. The average molecular weight is 239 g/mol. The second-order valence-corrected chi connectivity index (χ2v) is 3.72. The highest BCUT2D eigenvalue weighted by molar-refractivity contribution is 6.28. The van der Waals surface area contributed by atoms with Crippen LogP contribution in [-0.4, -0.2) is 24.7 Å². The number of nitrogens with one attached hydrogen (secondary N) is 1. The quantitative estimate of drug-likeness (QED) is 0.820. The molecular weight excluding hydrogens is 228 g/mol. The number of halogens is 1. The zero-order chi connectivity index (χ0) is 11.5. The van der Waals surface area contributed by atoms with Crippen LogP contribution in [0.3, 0.4) is 0 Å². The van der Waals surface area contributed by atoms with Crippen molar-refractivity contribution in [3.63, 3.8) is 0 Å². The van der Waals surface area contributed by atoms with E-state index >= 15 is 0 Å². The second-order valence-electron chi connectivity index (χ2n) is 3.38. The van der Waals surface area contributed by atoms with Gasteiger partial charge < -0.3 is 9.88 Å². The molecule has 2 rings (SSSR count). The second kappa shape index (κ2) is 4.44. The van der Waals surface area contributed by atoms with E-state index < -0.39 is 0 Å². The van der Waals surface area contributed by atoms with Crippen LogP contribution >= 0.6 is 11.6 Å². The van der Waals surface area contributed by atoms with Gasteiger partial charge in [-0.1, -0.05) is 0 Å². The zero-order valence-corrected chi connectivity index (χ0v) is 9.68. The summed E-state index contributed by atoms with van der Waals surface area (Å²) >= 11 is 5.69. The Bertz CT molecular complexity index is 482. The summed E-state index contributed by atoms with van der Waals surface area (Å²) in [5.41, 5.74) is 0. The van der Waals surface area contributed by atoms with Crippen molar-refractivity contribution in [1.29, 1.82) is 0 Å². The Labute approximate surface area is 97.7 Å². The molecule has 0 saturated carbocycles. The number of aryl methyl sites for hydroxylation is 1. The topological polar surface area (TPSA) is 68.5 Å². The van der Waals surface area contributed by atoms with Crippen molar-refractivity contribution in [2.75, 3.05) is 5.32 Å². The van der Waals surface area contributed by atoms with Crippen molar-refractivity contribution < 1.29 is 0 Å². The molecule has 0 spiro atoms. The molecule has 0 aliphatic heterocycles. The summed E-state index contributed by atoms with van der Waals surface area (Å²) < 4.78 is 1.85. The molecule has 7 heteroatoms. The number of hydrogen-bond donors (Lipinski definition) is 1. The van der Waals surface area contributed by atoms with Crippen LogP contribution in [0.5, 0.6) is 0 Å². The lowest BCUT2D eigenvalue weighted by atomic mass is 10.3. The fourth-order valence-corrected chi connectivity index (χ4v) is 1.53. The maximum absolute atomic E-state index is 5.69. The molecule has 16 heavy (non-hydrogen) atoms. The summed E-state index contributed by atoms with van der Waals surface area (Å²) in [6.07, 6.45) is 3.25. The van der Waals surface area contributed by atoms with Gasteiger partial charge >= 0.3 is 0 Å². The van der Waals surface area contributed by atoms with Gasteiger partial charge in [0.2, 0.25) is 5.28 Å². The molecule has 0 fully saturated rings. The highest BCUT2D eigenvalue weighted by atomic mass is 35.5. The van der Waals surface area contributed by atoms with Crippen LogP contribution in [0, 0.1) is 0 Å². The SMILES string of the molecule is CC(Nc1ccnc(Cl)n1)c1nncn1C. The van der Waals surface area contributed by atoms with E-state index in [-0.39, 0.29) is 11.3 Å². The Morgan fingerprint density at radius 3 is 2.94 bits per heavy atom. The number of anilines is 1. The average Bonchev–Trinajstić information content (AvgIpc) is 2.64. The minimum absolute atomic E-state index is 0.00142. The molecule has 0 aromatic carbocycles. The molecule has 0 bridgehead atoms. The van der Waals surface area contributed by atoms with Crippen molar-refractivity contribution in [1.82, 2.24) is 24.7 Å². The Morgan fingerprint density at radius 1 is 1.50 bits per heavy atom. The van der Waals surface area contributed by atoms with Crippen LogP contribution in [-0.2, 0) is 7.05 Å². The first-order valence-corrected chi connectivity index (χ1v) is 5.13. The number of hydrogen-bond acceptors (Lipinski definition) is 5. The Morgan fingerprint density at radius 2 is 2.31 bits per heavy atom. The van der Waals surface area contributed by atoms with Crippen LogP contribution in [0.1, 0.15) is 18.8 Å². The maximum atomic E-state index is 5.69. The first-order chi connectivity index (χ1) is 7.66. The molecule has 1 unspecified atom stereocenters. The standard InChI is InChI=1S/C9H11ClN6/c1-6(8-15-12-5-16(8)2)13-7-3-4-11-9(10)14-7/h3-6H,1-2H3,(H,11,13,14). The third-order valence-corrected chi connectivity index (χ3v) is 2.31. The molecule has 0 aliphatic carbocycles. The summed E-state index contributed by atoms with van der Waals surface area (Å²) in [7, 11) is 1.89. The Balaban J connectivity index is 2.14. The predicted octanol–water partition coefficient (Wildman–Crippen LogP) is 1.43. The van der Waals surface area contributed by atoms with E-state index in [0.29, 0.717) is 5.82 Å². The van der Waals surface area contributed by atoms with Crippen LogP contribution < -0.4 is 5.32 Å². The van der Waals surface area contributed by atoms with E-state index in [0.717, 1.165) is 5.82 Å². The number of nitrogens with zero attached hydrogens (tertiary/aromatic N) is 5. The number of rotatable bonds is 3. The molecule has 2 heterocycles. The minimum atomic E-state index is -0.00142. The van der Waals surface area contributed by atoms with Gasteiger partial charge in [0, 0.05) is 13.2 Å². The van der Waals surface area contributed by atoms with E-state index in [2.05, 4.69) is 25.5 Å². The van der Waals surface area contributed by atoms with Crippen LogP contribution in [0.15, 0.2) is 18.6 Å². The van der Waals surface area contributed by atoms with E-state index in [1.807, 2.05) is 18.5 Å². The Hall–Kier alpha value is -1.69. The van der Waals surface area contributed by atoms with Crippen molar-refractivity contribution in [3.8, 4) is 0 Å². The van der Waals surface area contributed by atoms with E-state index in [1.54, 1.807) is 18.6 Å². The monoisotopic (exact) mass is 238 g/mol. The molecule has 6 nitrogen and oxygen atoms in total. The molecule has 0 radical (unpaired) electrons. The lowest BCUT2D eigenvalue weighted by Crippen LogP contribution is -2.12. The van der Waals surface area contributed by atoms with E-state index in [4.69, 9.17) is 11.6 Å². The summed E-state index contributed by atoms with van der Waals surface area (Å²) in [6, 6.07) is 1.75. The summed E-state index contributed by atoms with van der Waals surface area (Å²) in [6.45, 7) is 1.97. The van der Waals surface area contributed by atoms with Crippen LogP contribution in [0.2, 0.25) is 5.28 Å². The van der Waals surface area contributed by atoms with Gasteiger partial charge in [-0.05, 0) is 24.6 Å². The highest BCUT2D eigenvalue weighted by Gasteiger charge is 2.11. The molecule has 84 valence electrons. The number of aromatic nitrogens is 5. The van der Waals surface area contributed by atoms with Gasteiger partial charge in [0.25, 0.3) is 0 Å². The van der Waals surface area contributed by atoms with Crippen molar-refractivity contribution >= 4 is 17.4 Å². The summed E-state index contributed by atoms with van der Waals surface area (Å²) in [5.74, 6) is 1.49. The van der Waals surface area contributed by atoms with Gasteiger partial charge in [0.15, 0.2) is 5.82 Å². The van der Waals surface area contributed by atoms with Crippen molar-refractivity contribution in [3.05, 3.63) is 29.7 Å². The summed E-state index contributed by atoms with van der Waals surface area (Å²) in [5, 5.41) is 11.2. The van der Waals surface area contributed by atoms with Crippen LogP contribution in [0.25, 0.3) is 0 Å². The summed E-state index contributed by atoms with van der Waals surface area (Å²) in [4.78, 5) is 7.85. The molecule has 2 aromatic rings. The largest absolute Gasteiger partial charge is 0.360 e. The Kier molecular flexibility index (Phi) is 3.00. The predicted molar refractivity (Wildman–Crippen MR) is 60.1 cm³/mol. The van der Waals surface area contributed by atoms with Gasteiger partial charge in [0.1, 0.15) is 12.1 Å². The van der Waals surface area contributed by atoms with Crippen molar-refractivity contribution in [2.45, 2.75) is 13.0 Å². The first kappa shape index (κ1) is 10.8. The van der Waals surface area contributed by atoms with Gasteiger partial charge in [-0.3, -0.25) is 0 Å². The smallest absolute Gasteiger partial charge is 0.224 e. The molecule has 1 N–H and O–H groups in total. The van der Waals surface area contributed by atoms with Crippen LogP contribution in [0.4, 0.5) is 5.82 Å². The lowest BCUT2D eigenvalue weighted by molar-refractivity contribution is 0.716.